The van der Waals surface area contributed by atoms with Crippen molar-refractivity contribution in [2.45, 2.75) is 18.1 Å². The molecule has 1 aromatic carbocycles. The molecule has 0 amide bonds. The quantitative estimate of drug-likeness (QED) is 0.937. The van der Waals surface area contributed by atoms with Gasteiger partial charge in [0.25, 0.3) is 10.0 Å². The molecule has 96 valence electrons. The summed E-state index contributed by atoms with van der Waals surface area (Å²) in [6.45, 7) is 3.82. The van der Waals surface area contributed by atoms with E-state index in [0.29, 0.717) is 10.0 Å². The molecule has 0 radical (unpaired) electrons. The summed E-state index contributed by atoms with van der Waals surface area (Å²) in [5, 5.41) is 0. The van der Waals surface area contributed by atoms with E-state index in [0.717, 1.165) is 22.5 Å². The summed E-state index contributed by atoms with van der Waals surface area (Å²) in [6.07, 6.45) is 0. The van der Waals surface area contributed by atoms with Crippen molar-refractivity contribution in [1.29, 1.82) is 0 Å². The summed E-state index contributed by atoms with van der Waals surface area (Å²) < 4.78 is 27.5. The molecule has 0 spiro atoms. The minimum absolute atomic E-state index is 0.216. The number of hydrogen-bond acceptors (Lipinski definition) is 3. The van der Waals surface area contributed by atoms with E-state index in [-0.39, 0.29) is 4.21 Å². The van der Waals surface area contributed by atoms with Crippen LogP contribution in [0.1, 0.15) is 11.1 Å². The number of halogens is 1. The van der Waals surface area contributed by atoms with Crippen LogP contribution in [0.15, 0.2) is 34.5 Å². The van der Waals surface area contributed by atoms with Crippen molar-refractivity contribution >= 4 is 38.6 Å². The Labute approximate surface area is 115 Å². The van der Waals surface area contributed by atoms with Crippen LogP contribution in [0.4, 0.5) is 5.69 Å². The number of aryl methyl sites for hydroxylation is 1. The van der Waals surface area contributed by atoms with Gasteiger partial charge in [-0.1, -0.05) is 23.7 Å². The highest BCUT2D eigenvalue weighted by atomic mass is 35.5. The first-order valence-corrected chi connectivity index (χ1v) is 7.92. The number of sulfonamides is 1. The predicted octanol–water partition coefficient (Wildman–Crippen LogP) is 3.82. The molecule has 0 saturated carbocycles. The second-order valence-electron chi connectivity index (χ2n) is 3.91. The van der Waals surface area contributed by atoms with Crippen LogP contribution in [-0.4, -0.2) is 8.42 Å². The van der Waals surface area contributed by atoms with Crippen molar-refractivity contribution in [3.63, 3.8) is 0 Å². The number of anilines is 1. The minimum atomic E-state index is -3.55. The summed E-state index contributed by atoms with van der Waals surface area (Å²) in [4.78, 5) is 0. The summed E-state index contributed by atoms with van der Waals surface area (Å²) in [5.74, 6) is 0. The van der Waals surface area contributed by atoms with Crippen LogP contribution in [-0.2, 0) is 10.0 Å². The third-order valence-corrected chi connectivity index (χ3v) is 5.75. The van der Waals surface area contributed by atoms with Crippen LogP contribution in [0.25, 0.3) is 0 Å². The third-order valence-electron chi connectivity index (χ3n) is 2.66. The Morgan fingerprint density at radius 1 is 1.17 bits per heavy atom. The lowest BCUT2D eigenvalue weighted by atomic mass is 10.1. The molecule has 0 aliphatic heterocycles. The second-order valence-corrected chi connectivity index (χ2v) is 7.54. The monoisotopic (exact) mass is 301 g/mol. The van der Waals surface area contributed by atoms with Gasteiger partial charge in [-0.2, -0.15) is 0 Å². The van der Waals surface area contributed by atoms with E-state index in [9.17, 15) is 8.42 Å². The lowest BCUT2D eigenvalue weighted by Crippen LogP contribution is -2.12. The Morgan fingerprint density at radius 2 is 1.89 bits per heavy atom. The van der Waals surface area contributed by atoms with Gasteiger partial charge in [0.1, 0.15) is 4.21 Å². The van der Waals surface area contributed by atoms with Crippen molar-refractivity contribution in [2.24, 2.45) is 0 Å². The van der Waals surface area contributed by atoms with Gasteiger partial charge in [0.2, 0.25) is 0 Å². The molecule has 0 unspecified atom stereocenters. The minimum Gasteiger partial charge on any atom is -0.279 e. The van der Waals surface area contributed by atoms with E-state index >= 15 is 0 Å². The molecule has 0 saturated heterocycles. The van der Waals surface area contributed by atoms with Gasteiger partial charge >= 0.3 is 0 Å². The molecular formula is C12H12ClNO2S2. The van der Waals surface area contributed by atoms with Crippen LogP contribution >= 0.6 is 22.9 Å². The van der Waals surface area contributed by atoms with Gasteiger partial charge in [-0.25, -0.2) is 8.42 Å². The van der Waals surface area contributed by atoms with Crippen LogP contribution in [0.5, 0.6) is 0 Å². The maximum atomic E-state index is 12.1. The molecule has 1 aromatic heterocycles. The number of thiophene rings is 1. The Kier molecular flexibility index (Phi) is 3.66. The maximum Gasteiger partial charge on any atom is 0.271 e. The van der Waals surface area contributed by atoms with Crippen molar-refractivity contribution in [1.82, 2.24) is 0 Å². The lowest BCUT2D eigenvalue weighted by molar-refractivity contribution is 0.603. The highest BCUT2D eigenvalue weighted by molar-refractivity contribution is 7.94. The molecule has 18 heavy (non-hydrogen) atoms. The highest BCUT2D eigenvalue weighted by Crippen LogP contribution is 2.28. The fourth-order valence-electron chi connectivity index (χ4n) is 1.50. The number of nitrogens with one attached hydrogen (secondary N) is 1. The molecule has 2 aromatic rings. The summed E-state index contributed by atoms with van der Waals surface area (Å²) in [7, 11) is -3.55. The zero-order chi connectivity index (χ0) is 13.3. The first-order valence-electron chi connectivity index (χ1n) is 5.24. The van der Waals surface area contributed by atoms with Gasteiger partial charge in [0.15, 0.2) is 0 Å². The van der Waals surface area contributed by atoms with Gasteiger partial charge in [0.05, 0.1) is 10.0 Å². The average Bonchev–Trinajstić information content (AvgIpc) is 2.72. The molecule has 0 atom stereocenters. The van der Waals surface area contributed by atoms with Crippen molar-refractivity contribution < 1.29 is 8.42 Å². The van der Waals surface area contributed by atoms with Crippen LogP contribution < -0.4 is 4.72 Å². The maximum absolute atomic E-state index is 12.1. The van der Waals surface area contributed by atoms with Crippen molar-refractivity contribution in [2.75, 3.05) is 4.72 Å². The van der Waals surface area contributed by atoms with Crippen molar-refractivity contribution in [3.8, 4) is 0 Å². The standard InChI is InChI=1S/C12H12ClNO2S2/c1-8-4-3-5-10(9(8)2)14-18(15,16)12-7-6-11(13)17-12/h3-7,14H,1-2H3. The summed E-state index contributed by atoms with van der Waals surface area (Å²) in [5.41, 5.74) is 2.56. The molecule has 3 nitrogen and oxygen atoms in total. The zero-order valence-electron chi connectivity index (χ0n) is 9.90. The molecule has 0 aliphatic carbocycles. The smallest absolute Gasteiger partial charge is 0.271 e. The van der Waals surface area contributed by atoms with Gasteiger partial charge in [-0.3, -0.25) is 4.72 Å². The van der Waals surface area contributed by atoms with Crippen LogP contribution in [0.3, 0.4) is 0 Å². The van der Waals surface area contributed by atoms with E-state index < -0.39 is 10.0 Å². The molecule has 0 bridgehead atoms. The SMILES string of the molecule is Cc1cccc(NS(=O)(=O)c2ccc(Cl)s2)c1C. The van der Waals surface area contributed by atoms with E-state index in [1.54, 1.807) is 12.1 Å². The third kappa shape index (κ3) is 2.68. The topological polar surface area (TPSA) is 46.2 Å². The first-order chi connectivity index (χ1) is 8.40. The van der Waals surface area contributed by atoms with Gasteiger partial charge in [0, 0.05) is 0 Å². The highest BCUT2D eigenvalue weighted by Gasteiger charge is 2.17. The fourth-order valence-corrected chi connectivity index (χ4v) is 4.10. The first kappa shape index (κ1) is 13.4. The molecule has 2 rings (SSSR count). The van der Waals surface area contributed by atoms with E-state index in [2.05, 4.69) is 4.72 Å². The Morgan fingerprint density at radius 3 is 2.50 bits per heavy atom. The molecule has 0 fully saturated rings. The van der Waals surface area contributed by atoms with E-state index in [1.165, 1.54) is 6.07 Å². The Balaban J connectivity index is 2.37. The molecule has 0 aliphatic rings. The lowest BCUT2D eigenvalue weighted by Gasteiger charge is -2.10. The van der Waals surface area contributed by atoms with E-state index in [4.69, 9.17) is 11.6 Å². The zero-order valence-corrected chi connectivity index (χ0v) is 12.3. The normalized spacial score (nSPS) is 11.5. The summed E-state index contributed by atoms with van der Waals surface area (Å²) in [6, 6.07) is 8.58. The molecule has 6 heteroatoms. The predicted molar refractivity (Wildman–Crippen MR) is 76.1 cm³/mol. The van der Waals surface area contributed by atoms with E-state index in [1.807, 2.05) is 26.0 Å². The number of hydrogen-bond donors (Lipinski definition) is 1. The van der Waals surface area contributed by atoms with Crippen molar-refractivity contribution in [3.05, 3.63) is 45.8 Å². The molecule has 1 N–H and O–H groups in total. The van der Waals surface area contributed by atoms with Crippen LogP contribution in [0.2, 0.25) is 4.34 Å². The number of rotatable bonds is 3. The molecule has 1 heterocycles. The average molecular weight is 302 g/mol. The second kappa shape index (κ2) is 4.91. The Bertz CT molecular complexity index is 677. The Hall–Kier alpha value is -1.04. The van der Waals surface area contributed by atoms with Gasteiger partial charge in [-0.05, 0) is 43.2 Å². The van der Waals surface area contributed by atoms with Gasteiger partial charge in [-0.15, -0.1) is 11.3 Å². The van der Waals surface area contributed by atoms with Gasteiger partial charge < -0.3 is 0 Å². The largest absolute Gasteiger partial charge is 0.279 e. The number of benzene rings is 1. The molecular weight excluding hydrogens is 290 g/mol. The summed E-state index contributed by atoms with van der Waals surface area (Å²) >= 11 is 6.79. The fraction of sp³-hybridized carbons (Fsp3) is 0.167. The van der Waals surface area contributed by atoms with Crippen LogP contribution in [0, 0.1) is 13.8 Å².